The molecule has 1 aromatic carbocycles. The Labute approximate surface area is 156 Å². The number of benzene rings is 1. The molecule has 1 saturated heterocycles. The fourth-order valence-electron chi connectivity index (χ4n) is 3.59. The number of esters is 1. The third-order valence-electron chi connectivity index (χ3n) is 5.02. The molecule has 136 valence electrons. The fraction of sp³-hybridized carbons (Fsp3) is 0.400. The van der Waals surface area contributed by atoms with Gasteiger partial charge in [-0.05, 0) is 66.6 Å². The predicted molar refractivity (Wildman–Crippen MR) is 99.8 cm³/mol. The highest BCUT2D eigenvalue weighted by molar-refractivity contribution is 7.17. The van der Waals surface area contributed by atoms with E-state index in [1.54, 1.807) is 12.0 Å². The summed E-state index contributed by atoms with van der Waals surface area (Å²) < 4.78 is 10.6. The summed E-state index contributed by atoms with van der Waals surface area (Å²) in [5.74, 6) is 0.338. The van der Waals surface area contributed by atoms with Gasteiger partial charge in [-0.3, -0.25) is 4.79 Å². The van der Waals surface area contributed by atoms with Gasteiger partial charge in [-0.25, -0.2) is 4.79 Å². The molecular formula is C20H21NO4S. The first-order valence-corrected chi connectivity index (χ1v) is 9.72. The summed E-state index contributed by atoms with van der Waals surface area (Å²) in [5, 5.41) is 0. The molecule has 0 saturated carbocycles. The van der Waals surface area contributed by atoms with Crippen LogP contribution in [-0.4, -0.2) is 43.6 Å². The van der Waals surface area contributed by atoms with E-state index in [0.717, 1.165) is 55.0 Å². The molecule has 1 amide bonds. The van der Waals surface area contributed by atoms with Crippen LogP contribution in [0, 0.1) is 0 Å². The van der Waals surface area contributed by atoms with Crippen LogP contribution in [-0.2, 0) is 22.4 Å². The van der Waals surface area contributed by atoms with E-state index in [1.807, 2.05) is 12.1 Å². The van der Waals surface area contributed by atoms with Crippen molar-refractivity contribution in [1.29, 1.82) is 0 Å². The van der Waals surface area contributed by atoms with Crippen LogP contribution in [0.15, 0.2) is 24.3 Å². The van der Waals surface area contributed by atoms with Gasteiger partial charge in [-0.2, -0.15) is 0 Å². The van der Waals surface area contributed by atoms with E-state index >= 15 is 0 Å². The van der Waals surface area contributed by atoms with E-state index in [-0.39, 0.29) is 12.5 Å². The van der Waals surface area contributed by atoms with Gasteiger partial charge in [0.1, 0.15) is 10.6 Å². The Bertz CT molecular complexity index is 851. The predicted octanol–water partition coefficient (Wildman–Crippen LogP) is 3.30. The summed E-state index contributed by atoms with van der Waals surface area (Å²) in [6.45, 7) is 1.36. The second kappa shape index (κ2) is 7.11. The van der Waals surface area contributed by atoms with Gasteiger partial charge in [-0.15, -0.1) is 11.3 Å². The SMILES string of the molecule is COc1ccc2c(c1)CCc1cc(C(=O)OCC(=O)N3CCCC3)sc1-2. The van der Waals surface area contributed by atoms with Crippen LogP contribution in [0.4, 0.5) is 0 Å². The van der Waals surface area contributed by atoms with Gasteiger partial charge in [0, 0.05) is 18.0 Å². The van der Waals surface area contributed by atoms with Crippen molar-refractivity contribution in [2.24, 2.45) is 0 Å². The topological polar surface area (TPSA) is 55.8 Å². The Kier molecular flexibility index (Phi) is 4.68. The van der Waals surface area contributed by atoms with Crippen molar-refractivity contribution >= 4 is 23.2 Å². The first-order valence-electron chi connectivity index (χ1n) is 8.90. The average Bonchev–Trinajstić information content (AvgIpc) is 3.34. The van der Waals surface area contributed by atoms with E-state index < -0.39 is 5.97 Å². The highest BCUT2D eigenvalue weighted by Gasteiger charge is 2.24. The number of ether oxygens (including phenoxy) is 2. The number of amides is 1. The van der Waals surface area contributed by atoms with Crippen molar-refractivity contribution in [2.45, 2.75) is 25.7 Å². The number of methoxy groups -OCH3 is 1. The largest absolute Gasteiger partial charge is 0.497 e. The summed E-state index contributed by atoms with van der Waals surface area (Å²) in [6.07, 6.45) is 3.88. The molecule has 0 radical (unpaired) electrons. The molecule has 1 aromatic heterocycles. The van der Waals surface area contributed by atoms with E-state index in [2.05, 4.69) is 12.1 Å². The maximum absolute atomic E-state index is 12.4. The van der Waals surface area contributed by atoms with Gasteiger partial charge in [0.2, 0.25) is 0 Å². The van der Waals surface area contributed by atoms with E-state index in [0.29, 0.717) is 4.88 Å². The molecule has 4 rings (SSSR count). The maximum atomic E-state index is 12.4. The monoisotopic (exact) mass is 371 g/mol. The Morgan fingerprint density at radius 1 is 1.12 bits per heavy atom. The van der Waals surface area contributed by atoms with Crippen molar-refractivity contribution in [2.75, 3.05) is 26.8 Å². The Morgan fingerprint density at radius 2 is 1.88 bits per heavy atom. The Balaban J connectivity index is 1.48. The molecule has 6 heteroatoms. The summed E-state index contributed by atoms with van der Waals surface area (Å²) in [4.78, 5) is 27.9. The van der Waals surface area contributed by atoms with Gasteiger partial charge in [0.15, 0.2) is 6.61 Å². The zero-order chi connectivity index (χ0) is 18.1. The van der Waals surface area contributed by atoms with Gasteiger partial charge in [0.05, 0.1) is 7.11 Å². The quantitative estimate of drug-likeness (QED) is 0.774. The lowest BCUT2D eigenvalue weighted by Gasteiger charge is -2.16. The van der Waals surface area contributed by atoms with Crippen LogP contribution >= 0.6 is 11.3 Å². The van der Waals surface area contributed by atoms with Crippen LogP contribution < -0.4 is 4.74 Å². The second-order valence-corrected chi connectivity index (χ2v) is 7.70. The molecule has 0 atom stereocenters. The molecule has 0 bridgehead atoms. The smallest absolute Gasteiger partial charge is 0.348 e. The molecule has 0 N–H and O–H groups in total. The van der Waals surface area contributed by atoms with Gasteiger partial charge in [0.25, 0.3) is 5.91 Å². The zero-order valence-electron chi connectivity index (χ0n) is 14.7. The molecule has 1 fully saturated rings. The summed E-state index contributed by atoms with van der Waals surface area (Å²) in [7, 11) is 1.67. The lowest BCUT2D eigenvalue weighted by Crippen LogP contribution is -2.31. The molecule has 0 spiro atoms. The van der Waals surface area contributed by atoms with Crippen molar-refractivity contribution in [3.8, 4) is 16.2 Å². The number of nitrogens with zero attached hydrogens (tertiary/aromatic N) is 1. The standard InChI is InChI=1S/C20H21NO4S/c1-24-15-6-7-16-13(10-15)4-5-14-11-17(26-19(14)16)20(23)25-12-18(22)21-8-2-3-9-21/h6-7,10-11H,2-5,8-9,12H2,1H3. The number of aryl methyl sites for hydroxylation is 2. The average molecular weight is 371 g/mol. The van der Waals surface area contributed by atoms with E-state index in [9.17, 15) is 9.59 Å². The molecule has 2 heterocycles. The zero-order valence-corrected chi connectivity index (χ0v) is 15.6. The number of carbonyl (C=O) groups excluding carboxylic acids is 2. The van der Waals surface area contributed by atoms with Crippen molar-refractivity contribution in [3.63, 3.8) is 0 Å². The van der Waals surface area contributed by atoms with E-state index in [1.165, 1.54) is 22.5 Å². The van der Waals surface area contributed by atoms with E-state index in [4.69, 9.17) is 9.47 Å². The number of fused-ring (bicyclic) bond motifs is 3. The van der Waals surface area contributed by atoms with Crippen LogP contribution in [0.3, 0.4) is 0 Å². The highest BCUT2D eigenvalue weighted by Crippen LogP contribution is 2.41. The van der Waals surface area contributed by atoms with Gasteiger partial charge < -0.3 is 14.4 Å². The number of thiophene rings is 1. The van der Waals surface area contributed by atoms with Crippen LogP contribution in [0.2, 0.25) is 0 Å². The van der Waals surface area contributed by atoms with Crippen molar-refractivity contribution < 1.29 is 19.1 Å². The molecule has 26 heavy (non-hydrogen) atoms. The third-order valence-corrected chi connectivity index (χ3v) is 6.21. The van der Waals surface area contributed by atoms with Crippen LogP contribution in [0.1, 0.15) is 33.6 Å². The number of likely N-dealkylation sites (tertiary alicyclic amines) is 1. The molecule has 2 aromatic rings. The maximum Gasteiger partial charge on any atom is 0.348 e. The Hall–Kier alpha value is -2.34. The number of rotatable bonds is 4. The van der Waals surface area contributed by atoms with Gasteiger partial charge in [-0.1, -0.05) is 0 Å². The fourth-order valence-corrected chi connectivity index (χ4v) is 4.76. The molecule has 1 aliphatic carbocycles. The summed E-state index contributed by atoms with van der Waals surface area (Å²) in [5.41, 5.74) is 3.57. The molecule has 2 aliphatic rings. The first-order chi connectivity index (χ1) is 12.7. The summed E-state index contributed by atoms with van der Waals surface area (Å²) in [6, 6.07) is 7.97. The third kappa shape index (κ3) is 3.21. The highest BCUT2D eigenvalue weighted by atomic mass is 32.1. The first kappa shape index (κ1) is 17.1. The van der Waals surface area contributed by atoms with Crippen molar-refractivity contribution in [3.05, 3.63) is 40.3 Å². The van der Waals surface area contributed by atoms with Crippen LogP contribution in [0.25, 0.3) is 10.4 Å². The number of hydrogen-bond donors (Lipinski definition) is 0. The Morgan fingerprint density at radius 3 is 2.65 bits per heavy atom. The minimum atomic E-state index is -0.410. The number of carbonyl (C=O) groups is 2. The molecule has 5 nitrogen and oxygen atoms in total. The number of hydrogen-bond acceptors (Lipinski definition) is 5. The van der Waals surface area contributed by atoms with Crippen molar-refractivity contribution in [1.82, 2.24) is 4.90 Å². The minimum absolute atomic E-state index is 0.102. The summed E-state index contributed by atoms with van der Waals surface area (Å²) >= 11 is 1.44. The van der Waals surface area contributed by atoms with Gasteiger partial charge >= 0.3 is 5.97 Å². The molecule has 1 aliphatic heterocycles. The molecule has 0 unspecified atom stereocenters. The normalized spacial score (nSPS) is 15.3. The molecular weight excluding hydrogens is 350 g/mol. The lowest BCUT2D eigenvalue weighted by molar-refractivity contribution is -0.133. The minimum Gasteiger partial charge on any atom is -0.497 e. The second-order valence-electron chi connectivity index (χ2n) is 6.65. The lowest BCUT2D eigenvalue weighted by atomic mass is 9.91. The van der Waals surface area contributed by atoms with Crippen LogP contribution in [0.5, 0.6) is 5.75 Å².